The van der Waals surface area contributed by atoms with Crippen LogP contribution in [0.4, 0.5) is 5.69 Å². The van der Waals surface area contributed by atoms with Crippen molar-refractivity contribution in [1.82, 2.24) is 23.7 Å². The van der Waals surface area contributed by atoms with Crippen molar-refractivity contribution in [2.75, 3.05) is 31.1 Å². The number of benzene rings is 1. The van der Waals surface area contributed by atoms with Crippen molar-refractivity contribution in [2.45, 2.75) is 57.6 Å². The fourth-order valence-electron chi connectivity index (χ4n) is 5.98. The number of nitriles is 1. The lowest BCUT2D eigenvalue weighted by Gasteiger charge is -2.43. The van der Waals surface area contributed by atoms with E-state index in [1.165, 1.54) is 6.20 Å². The van der Waals surface area contributed by atoms with Crippen molar-refractivity contribution in [3.8, 4) is 6.07 Å². The molecule has 1 amide bonds. The first kappa shape index (κ1) is 29.7. The first-order valence-electron chi connectivity index (χ1n) is 14.4. The summed E-state index contributed by atoms with van der Waals surface area (Å²) in [4.78, 5) is 25.5. The summed E-state index contributed by atoms with van der Waals surface area (Å²) in [6.45, 7) is 8.39. The van der Waals surface area contributed by atoms with Crippen LogP contribution in [-0.4, -0.2) is 70.3 Å². The predicted molar refractivity (Wildman–Crippen MR) is 160 cm³/mol. The molecule has 1 atom stereocenters. The number of sulfonamides is 1. The number of aryl methyl sites for hydroxylation is 1. The number of carbonyl (C=O) groups is 1. The number of nitrogens with zero attached hydrogens (tertiary/aromatic N) is 7. The fraction of sp³-hybridized carbons (Fsp3) is 0.484. The minimum absolute atomic E-state index is 0.0279. The monoisotopic (exact) mass is 589 g/mol. The maximum atomic E-state index is 14.2. The Labute approximate surface area is 248 Å². The number of fused-ring (bicyclic) bond motifs is 1. The Bertz CT molecular complexity index is 1570. The zero-order valence-corrected chi connectivity index (χ0v) is 25.6. The molecule has 2 aromatic heterocycles. The Balaban J connectivity index is 1.47. The van der Waals surface area contributed by atoms with Gasteiger partial charge < -0.3 is 14.4 Å². The van der Waals surface area contributed by atoms with Gasteiger partial charge in [0.1, 0.15) is 0 Å². The van der Waals surface area contributed by atoms with E-state index in [-0.39, 0.29) is 22.9 Å². The number of carbonyl (C=O) groups excluding carboxylic acids is 1. The van der Waals surface area contributed by atoms with Crippen molar-refractivity contribution in [2.24, 2.45) is 18.4 Å². The highest BCUT2D eigenvalue weighted by molar-refractivity contribution is 7.89. The highest BCUT2D eigenvalue weighted by atomic mass is 32.2. The van der Waals surface area contributed by atoms with E-state index in [0.717, 1.165) is 29.8 Å². The number of rotatable bonds is 7. The van der Waals surface area contributed by atoms with Gasteiger partial charge in [0, 0.05) is 62.8 Å². The van der Waals surface area contributed by atoms with Gasteiger partial charge in [0.15, 0.2) is 5.03 Å². The van der Waals surface area contributed by atoms with E-state index < -0.39 is 15.4 Å². The molecule has 4 heterocycles. The van der Waals surface area contributed by atoms with Gasteiger partial charge in [-0.2, -0.15) is 9.57 Å². The molecule has 1 saturated heterocycles. The number of hydrogen-bond donors (Lipinski definition) is 0. The number of hydrogen-bond acceptors (Lipinski definition) is 7. The summed E-state index contributed by atoms with van der Waals surface area (Å²) in [5.41, 5.74) is 3.04. The number of amides is 1. The Morgan fingerprint density at radius 1 is 1.17 bits per heavy atom. The van der Waals surface area contributed by atoms with E-state index in [1.807, 2.05) is 61.7 Å². The van der Waals surface area contributed by atoms with Crippen molar-refractivity contribution in [1.29, 1.82) is 5.26 Å². The predicted octanol–water partition coefficient (Wildman–Crippen LogP) is 3.59. The first-order valence-corrected chi connectivity index (χ1v) is 15.9. The smallest absolute Gasteiger partial charge is 0.260 e. The molecule has 222 valence electrons. The van der Waals surface area contributed by atoms with E-state index in [4.69, 9.17) is 0 Å². The van der Waals surface area contributed by atoms with Crippen molar-refractivity contribution < 1.29 is 13.2 Å². The third-order valence-corrected chi connectivity index (χ3v) is 10.1. The molecule has 1 unspecified atom stereocenters. The molecular formula is C31H39N7O3S. The Hall–Kier alpha value is -3.75. The number of aromatic nitrogens is 3. The molecule has 0 bridgehead atoms. The van der Waals surface area contributed by atoms with E-state index in [1.54, 1.807) is 28.8 Å². The van der Waals surface area contributed by atoms with Crippen LogP contribution in [0, 0.1) is 22.7 Å². The minimum atomic E-state index is -3.93. The quantitative estimate of drug-likeness (QED) is 0.414. The van der Waals surface area contributed by atoms with Gasteiger partial charge in [0.2, 0.25) is 5.91 Å². The molecule has 5 rings (SSSR count). The average Bonchev–Trinajstić information content (AvgIpc) is 3.39. The summed E-state index contributed by atoms with van der Waals surface area (Å²) in [5.74, 6) is 0.228. The molecule has 3 aromatic rings. The molecule has 1 fully saturated rings. The van der Waals surface area contributed by atoms with Gasteiger partial charge in [-0.1, -0.05) is 26.8 Å². The zero-order valence-electron chi connectivity index (χ0n) is 24.8. The summed E-state index contributed by atoms with van der Waals surface area (Å²) in [6, 6.07) is 12.4. The highest BCUT2D eigenvalue weighted by Crippen LogP contribution is 2.34. The minimum Gasteiger partial charge on any atom is -0.364 e. The topological polar surface area (TPSA) is 115 Å². The van der Waals surface area contributed by atoms with Crippen molar-refractivity contribution >= 4 is 21.6 Å². The number of piperidine rings is 1. The number of imidazole rings is 1. The normalized spacial score (nSPS) is 18.1. The number of likely N-dealkylation sites (tertiary alicyclic amines) is 1. The van der Waals surface area contributed by atoms with Gasteiger partial charge in [-0.05, 0) is 61.1 Å². The average molecular weight is 590 g/mol. The van der Waals surface area contributed by atoms with Crippen LogP contribution in [0.5, 0.6) is 0 Å². The maximum absolute atomic E-state index is 14.2. The van der Waals surface area contributed by atoms with Gasteiger partial charge in [-0.3, -0.25) is 4.79 Å². The maximum Gasteiger partial charge on any atom is 0.260 e. The van der Waals surface area contributed by atoms with Crippen LogP contribution in [0.3, 0.4) is 0 Å². The number of pyridine rings is 1. The fourth-order valence-corrected chi connectivity index (χ4v) is 7.61. The van der Waals surface area contributed by atoms with Gasteiger partial charge in [-0.25, -0.2) is 18.4 Å². The molecule has 0 saturated carbocycles. The van der Waals surface area contributed by atoms with Crippen LogP contribution >= 0.6 is 0 Å². The highest BCUT2D eigenvalue weighted by Gasteiger charge is 2.39. The van der Waals surface area contributed by atoms with Gasteiger partial charge in [0.25, 0.3) is 10.0 Å². The van der Waals surface area contributed by atoms with Crippen molar-refractivity contribution in [3.05, 3.63) is 71.9 Å². The molecule has 0 N–H and O–H groups in total. The van der Waals surface area contributed by atoms with Crippen LogP contribution in [0.2, 0.25) is 0 Å². The lowest BCUT2D eigenvalue weighted by molar-refractivity contribution is -0.140. The lowest BCUT2D eigenvalue weighted by Crippen LogP contribution is -2.53. The third kappa shape index (κ3) is 6.20. The molecule has 11 heteroatoms. The van der Waals surface area contributed by atoms with E-state index in [2.05, 4.69) is 20.9 Å². The van der Waals surface area contributed by atoms with E-state index in [0.29, 0.717) is 44.7 Å². The Kier molecular flexibility index (Phi) is 8.39. The summed E-state index contributed by atoms with van der Waals surface area (Å²) < 4.78 is 32.1. The lowest BCUT2D eigenvalue weighted by atomic mass is 9.90. The van der Waals surface area contributed by atoms with Gasteiger partial charge >= 0.3 is 0 Å². The molecule has 2 aliphatic rings. The van der Waals surface area contributed by atoms with E-state index >= 15 is 0 Å². The third-order valence-electron chi connectivity index (χ3n) is 8.30. The standard InChI is InChI=1S/C31H39N7O3S/c1-31(2,3)30(39)36-13-10-23(11-14-36)19-38(42(40,41)29-7-5-6-12-34-29)26-16-25-15-24(17-32)8-9-28(25)37(20-26)21-27-18-33-22-35(27)4/h5-9,12,15,18,22-23,26H,10-11,13-14,16,19-21H2,1-4H3. The summed E-state index contributed by atoms with van der Waals surface area (Å²) in [7, 11) is -1.99. The molecule has 0 spiro atoms. The van der Waals surface area contributed by atoms with Crippen LogP contribution < -0.4 is 4.90 Å². The second kappa shape index (κ2) is 11.9. The largest absolute Gasteiger partial charge is 0.364 e. The van der Waals surface area contributed by atoms with Gasteiger partial charge in [-0.15, -0.1) is 0 Å². The molecule has 2 aliphatic heterocycles. The van der Waals surface area contributed by atoms with Crippen LogP contribution in [0.1, 0.15) is 50.4 Å². The Morgan fingerprint density at radius 2 is 1.93 bits per heavy atom. The first-order chi connectivity index (χ1) is 20.0. The van der Waals surface area contributed by atoms with E-state index in [9.17, 15) is 18.5 Å². The summed E-state index contributed by atoms with van der Waals surface area (Å²) in [6.07, 6.45) is 7.03. The van der Waals surface area contributed by atoms with Crippen LogP contribution in [0.15, 0.2) is 60.1 Å². The molecule has 1 aromatic carbocycles. The molecule has 0 radical (unpaired) electrons. The van der Waals surface area contributed by atoms with Crippen LogP contribution in [0.25, 0.3) is 0 Å². The zero-order chi connectivity index (χ0) is 30.1. The SMILES string of the molecule is Cn1cncc1CN1CC(N(CC2CCN(C(=O)C(C)(C)C)CC2)S(=O)(=O)c2ccccn2)Cc2cc(C#N)ccc21. The summed E-state index contributed by atoms with van der Waals surface area (Å²) >= 11 is 0. The van der Waals surface area contributed by atoms with Crippen LogP contribution in [-0.2, 0) is 34.8 Å². The van der Waals surface area contributed by atoms with Crippen molar-refractivity contribution in [3.63, 3.8) is 0 Å². The summed E-state index contributed by atoms with van der Waals surface area (Å²) in [5, 5.41) is 9.64. The second-order valence-corrected chi connectivity index (χ2v) is 14.3. The molecule has 42 heavy (non-hydrogen) atoms. The Morgan fingerprint density at radius 3 is 2.55 bits per heavy atom. The molecule has 10 nitrogen and oxygen atoms in total. The second-order valence-electron chi connectivity index (χ2n) is 12.4. The number of anilines is 1. The molecular weight excluding hydrogens is 550 g/mol. The van der Waals surface area contributed by atoms with Gasteiger partial charge in [0.05, 0.1) is 30.2 Å². The molecule has 0 aliphatic carbocycles.